The van der Waals surface area contributed by atoms with Gasteiger partial charge in [-0.05, 0) is 130 Å². The molecule has 5 amide bonds. The van der Waals surface area contributed by atoms with E-state index in [9.17, 15) is 19.2 Å². The van der Waals surface area contributed by atoms with Gasteiger partial charge in [0, 0.05) is 81.6 Å². The largest absolute Gasteiger partial charge is 0.457 e. The molecule has 0 spiro atoms. The first-order chi connectivity index (χ1) is 29.1. The van der Waals surface area contributed by atoms with Crippen LogP contribution in [0, 0.1) is 17.8 Å². The maximum Gasteiger partial charge on any atom is 0.328 e. The molecule has 5 aliphatic rings. The third-order valence-electron chi connectivity index (χ3n) is 13.2. The first-order valence-electron chi connectivity index (χ1n) is 21.5. The highest BCUT2D eigenvalue weighted by Crippen LogP contribution is 2.36. The summed E-state index contributed by atoms with van der Waals surface area (Å²) in [6.45, 7) is 5.45. The number of ether oxygens (including phenoxy) is 1. The molecule has 316 valence electrons. The van der Waals surface area contributed by atoms with E-state index in [1.807, 2.05) is 66.7 Å². The lowest BCUT2D eigenvalue weighted by Crippen LogP contribution is -2.53. The van der Waals surface area contributed by atoms with Gasteiger partial charge in [0.1, 0.15) is 22.9 Å². The van der Waals surface area contributed by atoms with Gasteiger partial charge in [0.15, 0.2) is 0 Å². The molecule has 0 aromatic heterocycles. The molecule has 4 heterocycles. The number of carbonyl (C=O) groups excluding carboxylic acids is 4. The average Bonchev–Trinajstić information content (AvgIpc) is 3.24. The number of nitrogens with zero attached hydrogens (tertiary/aromatic N) is 5. The average molecular weight is 816 g/mol. The van der Waals surface area contributed by atoms with Gasteiger partial charge in [-0.25, -0.2) is 4.79 Å². The van der Waals surface area contributed by atoms with Gasteiger partial charge in [0.25, 0.3) is 5.91 Å². The Morgan fingerprint density at radius 2 is 1.48 bits per heavy atom. The van der Waals surface area contributed by atoms with Crippen LogP contribution < -0.4 is 36.6 Å². The Balaban J connectivity index is 0.759. The van der Waals surface area contributed by atoms with E-state index in [0.717, 1.165) is 94.8 Å². The molecule has 0 unspecified atom stereocenters. The van der Waals surface area contributed by atoms with E-state index in [0.29, 0.717) is 54.5 Å². The number of anilines is 2. The molecule has 0 radical (unpaired) electrons. The molecule has 4 aliphatic heterocycles. The van der Waals surface area contributed by atoms with Crippen molar-refractivity contribution in [3.05, 3.63) is 90.0 Å². The number of amidine groups is 1. The molecule has 1 saturated carbocycles. The lowest BCUT2D eigenvalue weighted by Gasteiger charge is -2.45. The van der Waals surface area contributed by atoms with E-state index in [2.05, 4.69) is 49.5 Å². The predicted molar refractivity (Wildman–Crippen MR) is 232 cm³/mol. The van der Waals surface area contributed by atoms with E-state index < -0.39 is 5.91 Å². The lowest BCUT2D eigenvalue weighted by atomic mass is 9.77. The second kappa shape index (κ2) is 18.2. The molecule has 8 rings (SSSR count). The van der Waals surface area contributed by atoms with E-state index in [1.165, 1.54) is 0 Å². The highest BCUT2D eigenvalue weighted by Gasteiger charge is 2.41. The van der Waals surface area contributed by atoms with Crippen LogP contribution >= 0.6 is 0 Å². The zero-order valence-corrected chi connectivity index (χ0v) is 34.4. The number of carbonyl (C=O) groups is 4. The molecular weight excluding hydrogens is 759 g/mol. The number of nitrogens with two attached hydrogens (primary N) is 2. The minimum atomic E-state index is -0.634. The Hall–Kier alpha value is -5.89. The molecule has 60 heavy (non-hydrogen) atoms. The molecule has 3 saturated heterocycles. The predicted octanol–water partition coefficient (Wildman–Crippen LogP) is 4.71. The van der Waals surface area contributed by atoms with Crippen molar-refractivity contribution in [2.24, 2.45) is 34.2 Å². The quantitative estimate of drug-likeness (QED) is 0.189. The normalized spacial score (nSPS) is 23.3. The van der Waals surface area contributed by atoms with E-state index in [4.69, 9.17) is 16.2 Å². The van der Waals surface area contributed by atoms with Crippen LogP contribution in [0.5, 0.6) is 11.5 Å². The summed E-state index contributed by atoms with van der Waals surface area (Å²) in [5.41, 5.74) is 15.5. The van der Waals surface area contributed by atoms with Crippen LogP contribution in [0.2, 0.25) is 0 Å². The van der Waals surface area contributed by atoms with Crippen LogP contribution in [0.15, 0.2) is 89.4 Å². The Kier molecular flexibility index (Phi) is 12.4. The molecule has 4 fully saturated rings. The summed E-state index contributed by atoms with van der Waals surface area (Å²) >= 11 is 0. The van der Waals surface area contributed by atoms with Gasteiger partial charge in [0.2, 0.25) is 11.8 Å². The second-order valence-electron chi connectivity index (χ2n) is 17.0. The number of para-hydroxylation sites is 1. The maximum atomic E-state index is 13.6. The highest BCUT2D eigenvalue weighted by atomic mass is 16.5. The number of hydrogen-bond acceptors (Lipinski definition) is 10. The first-order valence-corrected chi connectivity index (χ1v) is 21.5. The number of urea groups is 1. The number of nitrogens with one attached hydrogen (secondary N) is 2. The van der Waals surface area contributed by atoms with Crippen LogP contribution in [0.4, 0.5) is 16.2 Å². The number of likely N-dealkylation sites (tertiary alicyclic amines) is 1. The van der Waals surface area contributed by atoms with Crippen LogP contribution in [0.3, 0.4) is 0 Å². The fourth-order valence-corrected chi connectivity index (χ4v) is 9.48. The summed E-state index contributed by atoms with van der Waals surface area (Å²) in [6.07, 6.45) is 6.99. The Morgan fingerprint density at radius 3 is 2.15 bits per heavy atom. The third-order valence-corrected chi connectivity index (χ3v) is 13.2. The summed E-state index contributed by atoms with van der Waals surface area (Å²) < 4.78 is 5.91. The Labute approximate surface area is 352 Å². The number of aliphatic imine (C=N–C) groups is 1. The molecule has 6 N–H and O–H groups in total. The molecule has 0 bridgehead atoms. The number of benzene rings is 3. The van der Waals surface area contributed by atoms with Crippen molar-refractivity contribution >= 4 is 46.7 Å². The van der Waals surface area contributed by atoms with Crippen molar-refractivity contribution in [2.75, 3.05) is 62.7 Å². The van der Waals surface area contributed by atoms with Gasteiger partial charge in [-0.3, -0.25) is 29.6 Å². The van der Waals surface area contributed by atoms with Crippen LogP contribution in [0.25, 0.3) is 5.70 Å². The van der Waals surface area contributed by atoms with Gasteiger partial charge in [-0.2, -0.15) is 0 Å². The molecular formula is C46H57N9O5. The third kappa shape index (κ3) is 9.28. The number of amides is 5. The maximum absolute atomic E-state index is 13.6. The highest BCUT2D eigenvalue weighted by molar-refractivity contribution is 6.25. The second-order valence-corrected chi connectivity index (χ2v) is 17.0. The first kappa shape index (κ1) is 40.9. The zero-order valence-electron chi connectivity index (χ0n) is 34.4. The number of imide groups is 1. The van der Waals surface area contributed by atoms with Crippen molar-refractivity contribution in [1.82, 2.24) is 20.4 Å². The van der Waals surface area contributed by atoms with Crippen molar-refractivity contribution in [1.29, 1.82) is 0 Å². The SMILES string of the molecule is CN(CC1CCN(c2ccc(N3CCC(=O)NC3=O)cc2)CC1)C1CC(C(=O)N2CCC([C@@H]3CCN=C(/C(C(N)=O)=C(\N)c4ccc(Oc5ccccc5)cc4)N3)CC2)C1. The fraction of sp³-hybridized carbons (Fsp3) is 0.457. The molecule has 3 aromatic rings. The Bertz CT molecular complexity index is 2090. The summed E-state index contributed by atoms with van der Waals surface area (Å²) in [5.74, 6) is 2.29. The summed E-state index contributed by atoms with van der Waals surface area (Å²) in [5, 5.41) is 5.91. The van der Waals surface area contributed by atoms with E-state index in [1.54, 1.807) is 4.90 Å². The van der Waals surface area contributed by atoms with Crippen molar-refractivity contribution in [2.45, 2.75) is 63.5 Å². The van der Waals surface area contributed by atoms with E-state index in [-0.39, 0.29) is 41.1 Å². The number of piperidine rings is 2. The summed E-state index contributed by atoms with van der Waals surface area (Å²) in [4.78, 5) is 63.4. The lowest BCUT2D eigenvalue weighted by molar-refractivity contribution is -0.142. The topological polar surface area (TPSA) is 179 Å². The monoisotopic (exact) mass is 815 g/mol. The van der Waals surface area contributed by atoms with Crippen molar-refractivity contribution in [3.8, 4) is 11.5 Å². The Morgan fingerprint density at radius 1 is 0.817 bits per heavy atom. The number of rotatable bonds is 12. The summed E-state index contributed by atoms with van der Waals surface area (Å²) in [7, 11) is 2.21. The summed E-state index contributed by atoms with van der Waals surface area (Å²) in [6, 6.07) is 25.0. The zero-order chi connectivity index (χ0) is 41.8. The number of primary amides is 1. The standard InChI is InChI=1S/C46H57N9O5/c1-52(29-30-16-22-53(23-17-30)34-9-11-35(12-10-34)55-26-20-40(56)51-46(55)59)36-27-33(28-36)45(58)54-24-18-31(19-25-54)39-15-21-49-44(50-39)41(43(48)57)42(47)32-7-13-38(14-8-32)60-37-5-3-2-4-6-37/h2-14,30-31,33,36,39H,15-29,47H2,1H3,(H2,48,57)(H,49,50)(H,51,56,59)/b42-41-/t33?,36?,39-/m0/s1. The van der Waals surface area contributed by atoms with E-state index >= 15 is 0 Å². The van der Waals surface area contributed by atoms with Crippen molar-refractivity contribution in [3.63, 3.8) is 0 Å². The minimum absolute atomic E-state index is 0.0899. The smallest absolute Gasteiger partial charge is 0.328 e. The van der Waals surface area contributed by atoms with Gasteiger partial charge >= 0.3 is 6.03 Å². The van der Waals surface area contributed by atoms with Gasteiger partial charge < -0.3 is 36.2 Å². The molecule has 14 heteroatoms. The van der Waals surface area contributed by atoms with Crippen LogP contribution in [-0.2, 0) is 14.4 Å². The molecule has 1 aliphatic carbocycles. The minimum Gasteiger partial charge on any atom is -0.457 e. The fourth-order valence-electron chi connectivity index (χ4n) is 9.48. The van der Waals surface area contributed by atoms with Crippen LogP contribution in [-0.4, -0.2) is 104 Å². The molecule has 3 aromatic carbocycles. The van der Waals surface area contributed by atoms with Crippen molar-refractivity contribution < 1.29 is 23.9 Å². The molecule has 1 atom stereocenters. The van der Waals surface area contributed by atoms with Crippen LogP contribution in [0.1, 0.15) is 56.9 Å². The molecule has 14 nitrogen and oxygen atoms in total. The van der Waals surface area contributed by atoms with Gasteiger partial charge in [-0.15, -0.1) is 0 Å². The number of hydrogen-bond donors (Lipinski definition) is 4. The van der Waals surface area contributed by atoms with Gasteiger partial charge in [0.05, 0.1) is 5.70 Å². The van der Waals surface area contributed by atoms with Gasteiger partial charge in [-0.1, -0.05) is 18.2 Å².